The van der Waals surface area contributed by atoms with E-state index in [-0.39, 0.29) is 4.47 Å². The molecule has 1 fully saturated rings. The minimum absolute atomic E-state index is 0.270. The fourth-order valence-electron chi connectivity index (χ4n) is 2.92. The molecule has 1 unspecified atom stereocenters. The summed E-state index contributed by atoms with van der Waals surface area (Å²) in [6.45, 7) is 7.30. The van der Waals surface area contributed by atoms with Crippen molar-refractivity contribution in [2.75, 3.05) is 0 Å². The van der Waals surface area contributed by atoms with Crippen LogP contribution >= 0.6 is 15.9 Å². The van der Waals surface area contributed by atoms with Gasteiger partial charge in [0.2, 0.25) is 0 Å². The zero-order valence-corrected chi connectivity index (χ0v) is 13.5. The molecule has 1 heterocycles. The second-order valence-electron chi connectivity index (χ2n) is 6.33. The van der Waals surface area contributed by atoms with Crippen molar-refractivity contribution in [1.82, 2.24) is 0 Å². The van der Waals surface area contributed by atoms with E-state index in [1.165, 1.54) is 0 Å². The topological polar surface area (TPSA) is 26.3 Å². The predicted octanol–water partition coefficient (Wildman–Crippen LogP) is 4.50. The van der Waals surface area contributed by atoms with Gasteiger partial charge in [0.1, 0.15) is 11.6 Å². The molecule has 0 radical (unpaired) electrons. The van der Waals surface area contributed by atoms with Crippen molar-refractivity contribution in [3.63, 3.8) is 0 Å². The van der Waals surface area contributed by atoms with Gasteiger partial charge in [0.25, 0.3) is 0 Å². The molecule has 0 spiro atoms. The van der Waals surface area contributed by atoms with Gasteiger partial charge in [-0.05, 0) is 46.2 Å². The molecule has 1 atom stereocenters. The highest BCUT2D eigenvalue weighted by molar-refractivity contribution is 9.10. The molecule has 1 aromatic rings. The lowest BCUT2D eigenvalue weighted by Gasteiger charge is -2.26. The summed E-state index contributed by atoms with van der Waals surface area (Å²) in [5.74, 6) is -2.80. The number of carbonyl (C=O) groups excluding carboxylic acids is 1. The van der Waals surface area contributed by atoms with Gasteiger partial charge in [-0.15, -0.1) is 0 Å². The van der Waals surface area contributed by atoms with Crippen molar-refractivity contribution < 1.29 is 18.3 Å². The Morgan fingerprint density at radius 1 is 1.25 bits per heavy atom. The van der Waals surface area contributed by atoms with E-state index in [4.69, 9.17) is 4.74 Å². The maximum atomic E-state index is 13.9. The lowest BCUT2D eigenvalue weighted by atomic mass is 9.81. The summed E-state index contributed by atoms with van der Waals surface area (Å²) in [6.07, 6.45) is 0.438. The maximum Gasteiger partial charge on any atom is 0.174 e. The second-order valence-corrected chi connectivity index (χ2v) is 7.25. The summed E-state index contributed by atoms with van der Waals surface area (Å²) >= 11 is 3.00. The summed E-state index contributed by atoms with van der Waals surface area (Å²) in [6, 6.07) is 2.20. The molecule has 1 aliphatic heterocycles. The zero-order chi connectivity index (χ0) is 15.3. The first-order chi connectivity index (χ1) is 9.03. The first-order valence-corrected chi connectivity index (χ1v) is 7.22. The first-order valence-electron chi connectivity index (χ1n) is 6.42. The van der Waals surface area contributed by atoms with E-state index >= 15 is 0 Å². The third kappa shape index (κ3) is 2.79. The smallest absolute Gasteiger partial charge is 0.174 e. The van der Waals surface area contributed by atoms with Gasteiger partial charge in [-0.1, -0.05) is 15.9 Å². The highest BCUT2D eigenvalue weighted by atomic mass is 79.9. The average molecular weight is 347 g/mol. The minimum Gasteiger partial charge on any atom is -0.369 e. The number of benzene rings is 1. The van der Waals surface area contributed by atoms with Crippen molar-refractivity contribution in [3.8, 4) is 0 Å². The maximum absolute atomic E-state index is 13.9. The van der Waals surface area contributed by atoms with Crippen LogP contribution in [-0.4, -0.2) is 17.0 Å². The van der Waals surface area contributed by atoms with Crippen LogP contribution in [0.5, 0.6) is 0 Å². The van der Waals surface area contributed by atoms with Crippen molar-refractivity contribution in [2.45, 2.75) is 45.3 Å². The molecule has 5 heteroatoms. The fourth-order valence-corrected chi connectivity index (χ4v) is 3.32. The van der Waals surface area contributed by atoms with Crippen LogP contribution < -0.4 is 0 Å². The molecule has 1 saturated heterocycles. The standard InChI is InChI=1S/C15H17BrF2O2/c1-14(2)7-9(15(3,4)20-14)13(19)12-10(17)5-8(16)6-11(12)18/h5-6,9H,7H2,1-4H3. The molecule has 0 aliphatic carbocycles. The summed E-state index contributed by atoms with van der Waals surface area (Å²) in [4.78, 5) is 12.5. The molecule has 0 bridgehead atoms. The molecular formula is C15H17BrF2O2. The van der Waals surface area contributed by atoms with Crippen LogP contribution in [0, 0.1) is 17.6 Å². The Balaban J connectivity index is 2.43. The van der Waals surface area contributed by atoms with E-state index in [0.717, 1.165) is 12.1 Å². The Morgan fingerprint density at radius 2 is 1.75 bits per heavy atom. The van der Waals surface area contributed by atoms with E-state index in [9.17, 15) is 13.6 Å². The number of ketones is 1. The molecule has 1 aliphatic rings. The van der Waals surface area contributed by atoms with Gasteiger partial charge >= 0.3 is 0 Å². The summed E-state index contributed by atoms with van der Waals surface area (Å²) in [7, 11) is 0. The Kier molecular flexibility index (Phi) is 3.80. The van der Waals surface area contributed by atoms with Crippen LogP contribution in [0.15, 0.2) is 16.6 Å². The van der Waals surface area contributed by atoms with Crippen molar-refractivity contribution in [2.24, 2.45) is 5.92 Å². The van der Waals surface area contributed by atoms with Crippen LogP contribution in [0.25, 0.3) is 0 Å². The van der Waals surface area contributed by atoms with E-state index in [1.807, 2.05) is 13.8 Å². The monoisotopic (exact) mass is 346 g/mol. The Labute approximate surface area is 125 Å². The molecule has 110 valence electrons. The lowest BCUT2D eigenvalue weighted by Crippen LogP contribution is -2.34. The molecule has 0 saturated carbocycles. The molecule has 0 aromatic heterocycles. The summed E-state index contributed by atoms with van der Waals surface area (Å²) < 4.78 is 33.9. The van der Waals surface area contributed by atoms with Crippen LogP contribution in [0.2, 0.25) is 0 Å². The average Bonchev–Trinajstić information content (AvgIpc) is 2.44. The number of hydrogen-bond acceptors (Lipinski definition) is 2. The SMILES string of the molecule is CC1(C)CC(C(=O)c2c(F)cc(Br)cc2F)C(C)(C)O1. The van der Waals surface area contributed by atoms with Gasteiger partial charge in [0, 0.05) is 4.47 Å². The van der Waals surface area contributed by atoms with Crippen LogP contribution in [0.4, 0.5) is 8.78 Å². The van der Waals surface area contributed by atoms with Gasteiger partial charge in [-0.2, -0.15) is 0 Å². The molecule has 2 rings (SSSR count). The molecule has 0 N–H and O–H groups in total. The summed E-state index contributed by atoms with van der Waals surface area (Å²) in [5, 5.41) is 0. The van der Waals surface area contributed by atoms with Crippen LogP contribution in [0.3, 0.4) is 0 Å². The predicted molar refractivity (Wildman–Crippen MR) is 75.7 cm³/mol. The van der Waals surface area contributed by atoms with Gasteiger partial charge in [-0.3, -0.25) is 4.79 Å². The zero-order valence-electron chi connectivity index (χ0n) is 11.9. The largest absolute Gasteiger partial charge is 0.369 e. The van der Waals surface area contributed by atoms with E-state index in [2.05, 4.69) is 15.9 Å². The molecule has 2 nitrogen and oxygen atoms in total. The molecular weight excluding hydrogens is 330 g/mol. The second kappa shape index (κ2) is 4.88. The molecule has 20 heavy (non-hydrogen) atoms. The summed E-state index contributed by atoms with van der Waals surface area (Å²) in [5.41, 5.74) is -1.70. The van der Waals surface area contributed by atoms with Crippen LogP contribution in [-0.2, 0) is 4.74 Å². The van der Waals surface area contributed by atoms with Gasteiger partial charge in [0.15, 0.2) is 5.78 Å². The van der Waals surface area contributed by atoms with Gasteiger partial charge in [-0.25, -0.2) is 8.78 Å². The number of carbonyl (C=O) groups is 1. The Morgan fingerprint density at radius 3 is 2.15 bits per heavy atom. The number of hydrogen-bond donors (Lipinski definition) is 0. The minimum atomic E-state index is -0.845. The van der Waals surface area contributed by atoms with E-state index in [0.29, 0.717) is 6.42 Å². The Hall–Kier alpha value is -0.810. The highest BCUT2D eigenvalue weighted by Gasteiger charge is 2.50. The Bertz CT molecular complexity index is 544. The number of rotatable bonds is 2. The van der Waals surface area contributed by atoms with Crippen LogP contribution in [0.1, 0.15) is 44.5 Å². The van der Waals surface area contributed by atoms with Crippen molar-refractivity contribution in [3.05, 3.63) is 33.8 Å². The first kappa shape index (κ1) is 15.6. The van der Waals surface area contributed by atoms with Crippen molar-refractivity contribution >= 4 is 21.7 Å². The number of Topliss-reactive ketones (excluding diaryl/α,β-unsaturated/α-hetero) is 1. The third-order valence-electron chi connectivity index (χ3n) is 3.64. The highest BCUT2D eigenvalue weighted by Crippen LogP contribution is 2.43. The van der Waals surface area contributed by atoms with Crippen molar-refractivity contribution in [1.29, 1.82) is 0 Å². The number of halogens is 3. The quantitative estimate of drug-likeness (QED) is 0.736. The van der Waals surface area contributed by atoms with Gasteiger partial charge in [0.05, 0.1) is 22.7 Å². The molecule has 0 amide bonds. The normalized spacial score (nSPS) is 23.9. The van der Waals surface area contributed by atoms with E-state index in [1.54, 1.807) is 13.8 Å². The fraction of sp³-hybridized carbons (Fsp3) is 0.533. The van der Waals surface area contributed by atoms with E-state index < -0.39 is 40.1 Å². The van der Waals surface area contributed by atoms with Gasteiger partial charge < -0.3 is 4.74 Å². The molecule has 1 aromatic carbocycles. The number of ether oxygens (including phenoxy) is 1. The lowest BCUT2D eigenvalue weighted by molar-refractivity contribution is -0.0712. The third-order valence-corrected chi connectivity index (χ3v) is 4.10.